The third kappa shape index (κ3) is 4.34. The first-order chi connectivity index (χ1) is 25.3. The summed E-state index contributed by atoms with van der Waals surface area (Å²) in [4.78, 5) is 2.46. The molecule has 0 amide bonds. The zero-order chi connectivity index (χ0) is 33.5. The maximum atomic E-state index is 2.61. The predicted octanol–water partition coefficient (Wildman–Crippen LogP) is 13.4. The highest BCUT2D eigenvalue weighted by atomic mass is 15.1. The molecule has 1 heteroatoms. The van der Waals surface area contributed by atoms with Crippen LogP contribution in [0.15, 0.2) is 164 Å². The van der Waals surface area contributed by atoms with Crippen LogP contribution in [0.1, 0.15) is 43.2 Å². The summed E-state index contributed by atoms with van der Waals surface area (Å²) in [6.45, 7) is 0. The summed E-state index contributed by atoms with van der Waals surface area (Å²) in [5, 5.41) is 2.48. The van der Waals surface area contributed by atoms with Crippen molar-refractivity contribution in [2.45, 2.75) is 37.5 Å². The number of hydrogen-bond acceptors (Lipinski definition) is 1. The van der Waals surface area contributed by atoms with E-state index >= 15 is 0 Å². The van der Waals surface area contributed by atoms with E-state index in [-0.39, 0.29) is 5.41 Å². The summed E-state index contributed by atoms with van der Waals surface area (Å²) >= 11 is 0. The summed E-state index contributed by atoms with van der Waals surface area (Å²) in [6, 6.07) is 61.3. The van der Waals surface area contributed by atoms with Crippen LogP contribution in [0.4, 0.5) is 17.1 Å². The number of rotatable bonds is 5. The molecule has 0 heterocycles. The Morgan fingerprint density at radius 1 is 0.412 bits per heavy atom. The Morgan fingerprint density at radius 2 is 1.02 bits per heavy atom. The summed E-state index contributed by atoms with van der Waals surface area (Å²) < 4.78 is 0. The van der Waals surface area contributed by atoms with E-state index in [9.17, 15) is 0 Å². The second-order valence-corrected chi connectivity index (χ2v) is 15.7. The molecular formula is C50H41N. The Bertz CT molecular complexity index is 2400. The van der Waals surface area contributed by atoms with Crippen LogP contribution in [0.5, 0.6) is 0 Å². The van der Waals surface area contributed by atoms with Crippen molar-refractivity contribution < 1.29 is 0 Å². The first-order valence-electron chi connectivity index (χ1n) is 19.0. The molecule has 246 valence electrons. The number of benzene rings is 7. The Labute approximate surface area is 301 Å². The first-order valence-corrected chi connectivity index (χ1v) is 19.0. The predicted molar refractivity (Wildman–Crippen MR) is 213 cm³/mol. The molecule has 1 nitrogen and oxygen atoms in total. The number of hydrogen-bond donors (Lipinski definition) is 0. The van der Waals surface area contributed by atoms with Gasteiger partial charge in [0, 0.05) is 22.1 Å². The van der Waals surface area contributed by atoms with Gasteiger partial charge in [0.25, 0.3) is 0 Å². The fraction of sp³-hybridized carbons (Fsp3) is 0.200. The summed E-state index contributed by atoms with van der Waals surface area (Å²) in [5.74, 6) is 3.43. The highest BCUT2D eigenvalue weighted by Gasteiger charge is 2.61. The third-order valence-electron chi connectivity index (χ3n) is 13.3. The lowest BCUT2D eigenvalue weighted by Gasteiger charge is -2.61. The van der Waals surface area contributed by atoms with Gasteiger partial charge in [-0.1, -0.05) is 133 Å². The quantitative estimate of drug-likeness (QED) is 0.178. The number of nitrogens with zero attached hydrogens (tertiary/aromatic N) is 1. The molecule has 4 bridgehead atoms. The molecule has 7 aromatic carbocycles. The van der Waals surface area contributed by atoms with Gasteiger partial charge in [0.15, 0.2) is 0 Å². The van der Waals surface area contributed by atoms with Crippen LogP contribution >= 0.6 is 0 Å². The van der Waals surface area contributed by atoms with Crippen molar-refractivity contribution in [3.05, 3.63) is 175 Å². The second-order valence-electron chi connectivity index (χ2n) is 15.7. The van der Waals surface area contributed by atoms with Gasteiger partial charge in [-0.3, -0.25) is 0 Å². The van der Waals surface area contributed by atoms with E-state index in [4.69, 9.17) is 0 Å². The standard InChI is InChI=1S/C50H41N/c1-2-11-36(12-3-1)42-16-7-9-19-48(42)51(49-20-10-14-37-13-4-5-15-43(37)49)41-24-21-35(22-25-41)38-23-26-45-44-17-6-8-18-46(44)50(47(45)32-38)39-28-33-27-34(30-39)31-40(50)29-33/h1-26,32-34,39-40H,27-31H2. The first kappa shape index (κ1) is 29.3. The van der Waals surface area contributed by atoms with Crippen LogP contribution in [0.3, 0.4) is 0 Å². The minimum absolute atomic E-state index is 0.182. The van der Waals surface area contributed by atoms with E-state index in [1.54, 1.807) is 11.1 Å². The Balaban J connectivity index is 1.04. The molecule has 4 fully saturated rings. The summed E-state index contributed by atoms with van der Waals surface area (Å²) in [5.41, 5.74) is 15.0. The van der Waals surface area contributed by atoms with E-state index < -0.39 is 0 Å². The minimum atomic E-state index is 0.182. The molecule has 7 aromatic rings. The fourth-order valence-electron chi connectivity index (χ4n) is 11.5. The van der Waals surface area contributed by atoms with Crippen LogP contribution < -0.4 is 4.90 Å². The average molecular weight is 656 g/mol. The zero-order valence-electron chi connectivity index (χ0n) is 28.9. The molecule has 0 unspecified atom stereocenters. The molecule has 4 saturated carbocycles. The van der Waals surface area contributed by atoms with Crippen molar-refractivity contribution in [2.75, 3.05) is 4.90 Å². The zero-order valence-corrected chi connectivity index (χ0v) is 28.9. The van der Waals surface area contributed by atoms with Crippen molar-refractivity contribution in [3.63, 3.8) is 0 Å². The lowest BCUT2D eigenvalue weighted by molar-refractivity contribution is -0.0399. The molecule has 0 saturated heterocycles. The van der Waals surface area contributed by atoms with Gasteiger partial charge in [0.1, 0.15) is 0 Å². The Hall–Kier alpha value is -5.40. The molecule has 0 aliphatic heterocycles. The molecule has 0 aromatic heterocycles. The molecule has 0 N–H and O–H groups in total. The third-order valence-corrected chi connectivity index (χ3v) is 13.3. The van der Waals surface area contributed by atoms with E-state index in [0.717, 1.165) is 29.4 Å². The molecule has 5 aliphatic carbocycles. The SMILES string of the molecule is c1ccc(-c2ccccc2N(c2ccc(-c3ccc4c(c3)C3(c5ccccc5-4)C4CC5CC(C4)CC3C5)cc2)c2cccc3ccccc23)cc1. The molecule has 1 spiro atoms. The highest BCUT2D eigenvalue weighted by Crippen LogP contribution is 2.69. The Morgan fingerprint density at radius 3 is 1.82 bits per heavy atom. The van der Waals surface area contributed by atoms with Crippen molar-refractivity contribution in [2.24, 2.45) is 23.7 Å². The van der Waals surface area contributed by atoms with Crippen LogP contribution in [0.25, 0.3) is 44.2 Å². The van der Waals surface area contributed by atoms with Gasteiger partial charge < -0.3 is 4.90 Å². The van der Waals surface area contributed by atoms with Gasteiger partial charge in [-0.05, 0) is 130 Å². The number of anilines is 3. The highest BCUT2D eigenvalue weighted by molar-refractivity contribution is 6.01. The van der Waals surface area contributed by atoms with Gasteiger partial charge in [-0.25, -0.2) is 0 Å². The number of para-hydroxylation sites is 1. The molecule has 0 radical (unpaired) electrons. The van der Waals surface area contributed by atoms with Crippen LogP contribution in [0.2, 0.25) is 0 Å². The van der Waals surface area contributed by atoms with Gasteiger partial charge in [0.2, 0.25) is 0 Å². The van der Waals surface area contributed by atoms with Gasteiger partial charge in [-0.2, -0.15) is 0 Å². The molecule has 5 aliphatic rings. The van der Waals surface area contributed by atoms with Crippen molar-refractivity contribution in [3.8, 4) is 33.4 Å². The fourth-order valence-corrected chi connectivity index (χ4v) is 11.5. The van der Waals surface area contributed by atoms with Crippen LogP contribution in [0, 0.1) is 23.7 Å². The van der Waals surface area contributed by atoms with E-state index in [2.05, 4.69) is 169 Å². The van der Waals surface area contributed by atoms with E-state index in [1.807, 2.05) is 0 Å². The Kier molecular flexibility index (Phi) is 6.50. The average Bonchev–Trinajstić information content (AvgIpc) is 3.48. The van der Waals surface area contributed by atoms with Gasteiger partial charge in [0.05, 0.1) is 11.4 Å². The molecule has 12 rings (SSSR count). The maximum Gasteiger partial charge on any atom is 0.0540 e. The van der Waals surface area contributed by atoms with E-state index in [0.29, 0.717) is 0 Å². The molecule has 0 atom stereocenters. The molecule has 51 heavy (non-hydrogen) atoms. The largest absolute Gasteiger partial charge is 0.309 e. The van der Waals surface area contributed by atoms with Crippen molar-refractivity contribution in [1.82, 2.24) is 0 Å². The van der Waals surface area contributed by atoms with Crippen molar-refractivity contribution in [1.29, 1.82) is 0 Å². The summed E-state index contributed by atoms with van der Waals surface area (Å²) in [7, 11) is 0. The molecular weight excluding hydrogens is 615 g/mol. The van der Waals surface area contributed by atoms with Crippen molar-refractivity contribution >= 4 is 27.8 Å². The lowest BCUT2D eigenvalue weighted by Crippen LogP contribution is -2.55. The van der Waals surface area contributed by atoms with Gasteiger partial charge in [-0.15, -0.1) is 0 Å². The summed E-state index contributed by atoms with van der Waals surface area (Å²) in [6.07, 6.45) is 7.13. The van der Waals surface area contributed by atoms with Crippen LogP contribution in [-0.4, -0.2) is 0 Å². The van der Waals surface area contributed by atoms with Gasteiger partial charge >= 0.3 is 0 Å². The second kappa shape index (κ2) is 11.3. The maximum absolute atomic E-state index is 2.61. The smallest absolute Gasteiger partial charge is 0.0540 e. The normalized spacial score (nSPS) is 23.8. The lowest BCUT2D eigenvalue weighted by atomic mass is 9.43. The van der Waals surface area contributed by atoms with E-state index in [1.165, 1.54) is 87.6 Å². The van der Waals surface area contributed by atoms with Crippen LogP contribution in [-0.2, 0) is 5.41 Å². The number of fused-ring (bicyclic) bond motifs is 4. The monoisotopic (exact) mass is 655 g/mol. The minimum Gasteiger partial charge on any atom is -0.309 e. The topological polar surface area (TPSA) is 3.24 Å².